The van der Waals surface area contributed by atoms with Crippen molar-refractivity contribution in [1.82, 2.24) is 4.90 Å². The molecule has 4 rings (SSSR count). The van der Waals surface area contributed by atoms with Crippen LogP contribution in [0.4, 0.5) is 5.69 Å². The van der Waals surface area contributed by atoms with Crippen molar-refractivity contribution < 1.29 is 27.5 Å². The summed E-state index contributed by atoms with van der Waals surface area (Å²) in [7, 11) is -1.79. The topological polar surface area (TPSA) is 101 Å². The lowest BCUT2D eigenvalue weighted by Crippen LogP contribution is -2.35. The lowest BCUT2D eigenvalue weighted by Gasteiger charge is -2.30. The Balaban J connectivity index is 1.62. The van der Waals surface area contributed by atoms with Gasteiger partial charge in [-0.3, -0.25) is 19.3 Å². The third-order valence-corrected chi connectivity index (χ3v) is 6.90. The van der Waals surface area contributed by atoms with Gasteiger partial charge < -0.3 is 9.64 Å². The molecule has 2 aromatic rings. The van der Waals surface area contributed by atoms with Crippen LogP contribution in [0.2, 0.25) is 0 Å². The summed E-state index contributed by atoms with van der Waals surface area (Å²) < 4.78 is 28.7. The van der Waals surface area contributed by atoms with Crippen LogP contribution in [0.25, 0.3) is 0 Å². The van der Waals surface area contributed by atoms with Gasteiger partial charge in [0.2, 0.25) is 0 Å². The van der Waals surface area contributed by atoms with Crippen molar-refractivity contribution in [2.24, 2.45) is 0 Å². The third kappa shape index (κ3) is 3.93. The quantitative estimate of drug-likeness (QED) is 0.488. The van der Waals surface area contributed by atoms with Crippen molar-refractivity contribution >= 4 is 33.2 Å². The van der Waals surface area contributed by atoms with E-state index >= 15 is 0 Å². The van der Waals surface area contributed by atoms with E-state index in [0.717, 1.165) is 11.8 Å². The van der Waals surface area contributed by atoms with Crippen molar-refractivity contribution in [2.75, 3.05) is 38.0 Å². The second-order valence-electron chi connectivity index (χ2n) is 7.99. The van der Waals surface area contributed by atoms with E-state index in [1.54, 1.807) is 30.2 Å². The molecule has 9 heteroatoms. The first-order valence-corrected chi connectivity index (χ1v) is 12.3. The Bertz CT molecular complexity index is 1220. The summed E-state index contributed by atoms with van der Waals surface area (Å²) in [6, 6.07) is 9.34. The molecule has 0 N–H and O–H groups in total. The third-order valence-electron chi connectivity index (χ3n) is 5.79. The highest BCUT2D eigenvalue weighted by Crippen LogP contribution is 2.32. The summed E-state index contributed by atoms with van der Waals surface area (Å²) in [5.74, 6) is -1.07. The summed E-state index contributed by atoms with van der Waals surface area (Å²) in [4.78, 5) is 41.7. The smallest absolute Gasteiger partial charge is 0.261 e. The molecule has 0 saturated heterocycles. The Kier molecular flexibility index (Phi) is 5.87. The van der Waals surface area contributed by atoms with E-state index in [9.17, 15) is 22.8 Å². The highest BCUT2D eigenvalue weighted by atomic mass is 32.2. The van der Waals surface area contributed by atoms with Gasteiger partial charge in [0.1, 0.15) is 0 Å². The highest BCUT2D eigenvalue weighted by molar-refractivity contribution is 7.90. The summed E-state index contributed by atoms with van der Waals surface area (Å²) in [5.41, 5.74) is 2.29. The largest absolute Gasteiger partial charge is 0.385 e. The van der Waals surface area contributed by atoms with Crippen LogP contribution in [0.15, 0.2) is 41.3 Å². The Hall–Kier alpha value is -3.04. The predicted octanol–water partition coefficient (Wildman–Crippen LogP) is 2.32. The minimum atomic E-state index is -3.34. The molecule has 0 fully saturated rings. The number of imide groups is 1. The van der Waals surface area contributed by atoms with Gasteiger partial charge in [-0.2, -0.15) is 0 Å². The van der Waals surface area contributed by atoms with Crippen molar-refractivity contribution in [1.29, 1.82) is 0 Å². The molecule has 0 bridgehead atoms. The molecule has 168 valence electrons. The standard InChI is InChI=1S/C23H24N2O6S/c1-31-12-4-11-25-22(27)18-8-6-16(14-19(18)23(25)28)21(26)24-10-3-5-15-13-17(32(2,29)30)7-9-20(15)24/h6-9,13-14H,3-5,10-12H2,1-2H3. The number of carbonyl (C=O) groups is 3. The number of rotatable bonds is 6. The van der Waals surface area contributed by atoms with Crippen LogP contribution >= 0.6 is 0 Å². The Labute approximate surface area is 186 Å². The molecular formula is C23H24N2O6S. The van der Waals surface area contributed by atoms with Crippen LogP contribution in [0.1, 0.15) is 49.5 Å². The Morgan fingerprint density at radius 2 is 1.81 bits per heavy atom. The number of sulfone groups is 1. The number of nitrogens with zero attached hydrogens (tertiary/aromatic N) is 2. The van der Waals surface area contributed by atoms with E-state index in [2.05, 4.69) is 0 Å². The van der Waals surface area contributed by atoms with E-state index in [1.165, 1.54) is 23.1 Å². The van der Waals surface area contributed by atoms with Gasteiger partial charge in [0, 0.05) is 44.3 Å². The molecule has 2 heterocycles. The van der Waals surface area contributed by atoms with Gasteiger partial charge >= 0.3 is 0 Å². The molecular weight excluding hydrogens is 432 g/mol. The normalized spacial score (nSPS) is 15.7. The maximum Gasteiger partial charge on any atom is 0.261 e. The lowest BCUT2D eigenvalue weighted by atomic mass is 9.99. The van der Waals surface area contributed by atoms with Crippen molar-refractivity contribution in [3.8, 4) is 0 Å². The zero-order chi connectivity index (χ0) is 23.0. The van der Waals surface area contributed by atoms with Crippen LogP contribution in [-0.2, 0) is 21.0 Å². The van der Waals surface area contributed by atoms with Crippen LogP contribution < -0.4 is 4.90 Å². The molecule has 0 unspecified atom stereocenters. The number of fused-ring (bicyclic) bond motifs is 2. The van der Waals surface area contributed by atoms with Gasteiger partial charge in [0.15, 0.2) is 9.84 Å². The molecule has 8 nitrogen and oxygen atoms in total. The van der Waals surface area contributed by atoms with E-state index in [4.69, 9.17) is 4.74 Å². The van der Waals surface area contributed by atoms with Gasteiger partial charge in [-0.15, -0.1) is 0 Å². The van der Waals surface area contributed by atoms with Crippen molar-refractivity contribution in [2.45, 2.75) is 24.2 Å². The molecule has 0 atom stereocenters. The van der Waals surface area contributed by atoms with Crippen LogP contribution in [0, 0.1) is 0 Å². The monoisotopic (exact) mass is 456 g/mol. The van der Waals surface area contributed by atoms with E-state index in [0.29, 0.717) is 49.2 Å². The number of benzene rings is 2. The fraction of sp³-hybridized carbons (Fsp3) is 0.348. The Morgan fingerprint density at radius 3 is 2.53 bits per heavy atom. The summed E-state index contributed by atoms with van der Waals surface area (Å²) in [6.45, 7) is 1.18. The fourth-order valence-corrected chi connectivity index (χ4v) is 4.84. The first-order chi connectivity index (χ1) is 15.2. The van der Waals surface area contributed by atoms with Crippen molar-refractivity contribution in [3.05, 3.63) is 58.7 Å². The first-order valence-electron chi connectivity index (χ1n) is 10.4. The summed E-state index contributed by atoms with van der Waals surface area (Å²) >= 11 is 0. The number of aryl methyl sites for hydroxylation is 1. The number of anilines is 1. The molecule has 0 aromatic heterocycles. The van der Waals surface area contributed by atoms with E-state index in [1.807, 2.05) is 0 Å². The molecule has 2 aliphatic heterocycles. The average Bonchev–Trinajstić information content (AvgIpc) is 3.01. The summed E-state index contributed by atoms with van der Waals surface area (Å²) in [5, 5.41) is 0. The maximum absolute atomic E-state index is 13.3. The van der Waals surface area contributed by atoms with Crippen LogP contribution in [0.5, 0.6) is 0 Å². The minimum absolute atomic E-state index is 0.223. The van der Waals surface area contributed by atoms with Crippen LogP contribution in [0.3, 0.4) is 0 Å². The zero-order valence-corrected chi connectivity index (χ0v) is 18.8. The van der Waals surface area contributed by atoms with Gasteiger partial charge in [0.05, 0.1) is 16.0 Å². The number of hydrogen-bond acceptors (Lipinski definition) is 6. The first kappa shape index (κ1) is 22.2. The van der Waals surface area contributed by atoms with Gasteiger partial charge in [-0.05, 0) is 61.2 Å². The SMILES string of the molecule is COCCCN1C(=O)c2ccc(C(=O)N3CCCc4cc(S(C)(=O)=O)ccc43)cc2C1=O. The van der Waals surface area contributed by atoms with E-state index in [-0.39, 0.29) is 28.8 Å². The average molecular weight is 457 g/mol. The molecule has 32 heavy (non-hydrogen) atoms. The van der Waals surface area contributed by atoms with Gasteiger partial charge in [0.25, 0.3) is 17.7 Å². The van der Waals surface area contributed by atoms with Crippen molar-refractivity contribution in [3.63, 3.8) is 0 Å². The predicted molar refractivity (Wildman–Crippen MR) is 118 cm³/mol. The Morgan fingerprint density at radius 1 is 1.06 bits per heavy atom. The van der Waals surface area contributed by atoms with Crippen LogP contribution in [-0.4, -0.2) is 64.1 Å². The number of amides is 3. The number of hydrogen-bond donors (Lipinski definition) is 0. The molecule has 0 aliphatic carbocycles. The number of carbonyl (C=O) groups excluding carboxylic acids is 3. The van der Waals surface area contributed by atoms with Gasteiger partial charge in [-0.25, -0.2) is 8.42 Å². The maximum atomic E-state index is 13.3. The minimum Gasteiger partial charge on any atom is -0.385 e. The molecule has 2 aliphatic rings. The van der Waals surface area contributed by atoms with E-state index < -0.39 is 15.7 Å². The molecule has 0 radical (unpaired) electrons. The second-order valence-corrected chi connectivity index (χ2v) is 10.0. The molecule has 0 spiro atoms. The molecule has 0 saturated carbocycles. The zero-order valence-electron chi connectivity index (χ0n) is 18.0. The number of methoxy groups -OCH3 is 1. The second kappa shape index (κ2) is 8.48. The number of ether oxygens (including phenoxy) is 1. The molecule has 2 aromatic carbocycles. The highest BCUT2D eigenvalue weighted by Gasteiger charge is 2.36. The molecule has 3 amide bonds. The van der Waals surface area contributed by atoms with Gasteiger partial charge in [-0.1, -0.05) is 0 Å². The summed E-state index contributed by atoms with van der Waals surface area (Å²) in [6.07, 6.45) is 3.06. The lowest BCUT2D eigenvalue weighted by molar-refractivity contribution is 0.0638. The fourth-order valence-electron chi connectivity index (χ4n) is 4.16.